The van der Waals surface area contributed by atoms with E-state index >= 15 is 0 Å². The van der Waals surface area contributed by atoms with Gasteiger partial charge >= 0.3 is 0 Å². The molecule has 0 saturated heterocycles. The molecule has 0 unspecified atom stereocenters. The Bertz CT molecular complexity index is 544. The van der Waals surface area contributed by atoms with Gasteiger partial charge in [-0.15, -0.1) is 0 Å². The number of carbonyl (C=O) groups is 1. The van der Waals surface area contributed by atoms with Crippen molar-refractivity contribution in [2.45, 2.75) is 20.8 Å². The van der Waals surface area contributed by atoms with E-state index in [1.54, 1.807) is 17.0 Å². The molecule has 0 N–H and O–H groups in total. The molecule has 18 heavy (non-hydrogen) atoms. The summed E-state index contributed by atoms with van der Waals surface area (Å²) in [5.41, 5.74) is 3.17. The van der Waals surface area contributed by atoms with Crippen molar-refractivity contribution in [3.63, 3.8) is 0 Å². The maximum Gasteiger partial charge on any atom is 0.293 e. The Kier molecular flexibility index (Phi) is 3.51. The van der Waals surface area contributed by atoms with Crippen LogP contribution in [0.2, 0.25) is 0 Å². The molecule has 0 atom stereocenters. The molecule has 0 radical (unpaired) electrons. The van der Waals surface area contributed by atoms with Crippen molar-refractivity contribution in [3.8, 4) is 0 Å². The molecule has 0 spiro atoms. The Morgan fingerprint density at radius 3 is 2.67 bits per heavy atom. The zero-order chi connectivity index (χ0) is 13.1. The minimum atomic E-state index is -0.101. The fourth-order valence-electron chi connectivity index (χ4n) is 1.97. The van der Waals surface area contributed by atoms with Crippen molar-refractivity contribution in [1.82, 2.24) is 0 Å². The Morgan fingerprint density at radius 2 is 2.06 bits per heavy atom. The standard InChI is InChI=1S/C15H17NO2/c1-4-16(15(17)14-6-5-9-18-14)13-10-11(2)7-8-12(13)3/h5-10H,4H2,1-3H3. The van der Waals surface area contributed by atoms with Gasteiger partial charge in [-0.2, -0.15) is 0 Å². The Morgan fingerprint density at radius 1 is 1.28 bits per heavy atom. The van der Waals surface area contributed by atoms with Crippen LogP contribution >= 0.6 is 0 Å². The highest BCUT2D eigenvalue weighted by Crippen LogP contribution is 2.23. The van der Waals surface area contributed by atoms with E-state index in [1.165, 1.54) is 6.26 Å². The fourth-order valence-corrected chi connectivity index (χ4v) is 1.97. The highest BCUT2D eigenvalue weighted by atomic mass is 16.3. The summed E-state index contributed by atoms with van der Waals surface area (Å²) in [6.07, 6.45) is 1.52. The zero-order valence-electron chi connectivity index (χ0n) is 10.9. The van der Waals surface area contributed by atoms with Gasteiger partial charge in [0.15, 0.2) is 5.76 Å². The Balaban J connectivity index is 2.39. The summed E-state index contributed by atoms with van der Waals surface area (Å²) >= 11 is 0. The normalized spacial score (nSPS) is 10.4. The van der Waals surface area contributed by atoms with Crippen LogP contribution in [-0.2, 0) is 0 Å². The van der Waals surface area contributed by atoms with Gasteiger partial charge in [-0.25, -0.2) is 0 Å². The third-order valence-corrected chi connectivity index (χ3v) is 2.95. The Hall–Kier alpha value is -2.03. The van der Waals surface area contributed by atoms with E-state index in [2.05, 4.69) is 0 Å². The van der Waals surface area contributed by atoms with Crippen molar-refractivity contribution in [2.24, 2.45) is 0 Å². The van der Waals surface area contributed by atoms with E-state index < -0.39 is 0 Å². The lowest BCUT2D eigenvalue weighted by atomic mass is 10.1. The zero-order valence-corrected chi connectivity index (χ0v) is 10.9. The average molecular weight is 243 g/mol. The smallest absolute Gasteiger partial charge is 0.293 e. The van der Waals surface area contributed by atoms with Gasteiger partial charge in [0, 0.05) is 12.2 Å². The van der Waals surface area contributed by atoms with Gasteiger partial charge in [0.1, 0.15) is 0 Å². The van der Waals surface area contributed by atoms with E-state index in [0.717, 1.165) is 16.8 Å². The molecular weight excluding hydrogens is 226 g/mol. The van der Waals surface area contributed by atoms with Crippen molar-refractivity contribution in [3.05, 3.63) is 53.5 Å². The second kappa shape index (κ2) is 5.08. The first-order valence-corrected chi connectivity index (χ1v) is 6.06. The van der Waals surface area contributed by atoms with Crippen molar-refractivity contribution in [1.29, 1.82) is 0 Å². The fraction of sp³-hybridized carbons (Fsp3) is 0.267. The first kappa shape index (κ1) is 12.4. The highest BCUT2D eigenvalue weighted by Gasteiger charge is 2.19. The van der Waals surface area contributed by atoms with Gasteiger partial charge in [-0.1, -0.05) is 12.1 Å². The highest BCUT2D eigenvalue weighted by molar-refractivity contribution is 6.04. The van der Waals surface area contributed by atoms with Crippen molar-refractivity contribution >= 4 is 11.6 Å². The van der Waals surface area contributed by atoms with Crippen LogP contribution in [0, 0.1) is 13.8 Å². The molecule has 0 saturated carbocycles. The van der Waals surface area contributed by atoms with Gasteiger partial charge in [0.2, 0.25) is 0 Å². The van der Waals surface area contributed by atoms with Crippen LogP contribution in [0.15, 0.2) is 41.0 Å². The first-order valence-electron chi connectivity index (χ1n) is 6.06. The quantitative estimate of drug-likeness (QED) is 0.825. The number of carbonyl (C=O) groups excluding carboxylic acids is 1. The summed E-state index contributed by atoms with van der Waals surface area (Å²) in [6.45, 7) is 6.60. The van der Waals surface area contributed by atoms with Crippen LogP contribution in [0.5, 0.6) is 0 Å². The molecule has 0 bridgehead atoms. The number of anilines is 1. The first-order chi connectivity index (χ1) is 8.63. The largest absolute Gasteiger partial charge is 0.459 e. The third-order valence-electron chi connectivity index (χ3n) is 2.95. The summed E-state index contributed by atoms with van der Waals surface area (Å²) in [7, 11) is 0. The van der Waals surface area contributed by atoms with Crippen LogP contribution < -0.4 is 4.90 Å². The number of amides is 1. The third kappa shape index (κ3) is 2.30. The molecule has 1 aromatic carbocycles. The molecule has 2 rings (SSSR count). The van der Waals surface area contributed by atoms with Crippen LogP contribution in [0.3, 0.4) is 0 Å². The SMILES string of the molecule is CCN(C(=O)c1ccco1)c1cc(C)ccc1C. The van der Waals surface area contributed by atoms with Gasteiger partial charge < -0.3 is 9.32 Å². The van der Waals surface area contributed by atoms with E-state index in [4.69, 9.17) is 4.42 Å². The monoisotopic (exact) mass is 243 g/mol. The number of rotatable bonds is 3. The molecular formula is C15H17NO2. The van der Waals surface area contributed by atoms with Crippen LogP contribution in [0.25, 0.3) is 0 Å². The minimum absolute atomic E-state index is 0.101. The topological polar surface area (TPSA) is 33.5 Å². The molecule has 0 aliphatic heterocycles. The molecule has 3 heteroatoms. The van der Waals surface area contributed by atoms with E-state index in [9.17, 15) is 4.79 Å². The second-order valence-electron chi connectivity index (χ2n) is 4.32. The predicted molar refractivity (Wildman–Crippen MR) is 72.0 cm³/mol. The van der Waals surface area contributed by atoms with Gasteiger partial charge in [0.25, 0.3) is 5.91 Å². The van der Waals surface area contributed by atoms with Gasteiger partial charge in [-0.3, -0.25) is 4.79 Å². The summed E-state index contributed by atoms with van der Waals surface area (Å²) in [5.74, 6) is 0.272. The molecule has 1 aromatic heterocycles. The van der Waals surface area contributed by atoms with E-state index in [0.29, 0.717) is 12.3 Å². The molecule has 0 fully saturated rings. The van der Waals surface area contributed by atoms with Crippen LogP contribution in [0.1, 0.15) is 28.6 Å². The lowest BCUT2D eigenvalue weighted by Gasteiger charge is -2.22. The van der Waals surface area contributed by atoms with Crippen molar-refractivity contribution < 1.29 is 9.21 Å². The molecule has 2 aromatic rings. The summed E-state index contributed by atoms with van der Waals surface area (Å²) < 4.78 is 5.18. The number of nitrogens with zero attached hydrogens (tertiary/aromatic N) is 1. The average Bonchev–Trinajstić information content (AvgIpc) is 2.88. The second-order valence-corrected chi connectivity index (χ2v) is 4.32. The number of benzene rings is 1. The van der Waals surface area contributed by atoms with Crippen molar-refractivity contribution in [2.75, 3.05) is 11.4 Å². The molecule has 3 nitrogen and oxygen atoms in total. The lowest BCUT2D eigenvalue weighted by molar-refractivity contribution is 0.0961. The Labute approximate surface area is 107 Å². The van der Waals surface area contributed by atoms with Gasteiger partial charge in [0.05, 0.1) is 6.26 Å². The number of aryl methyl sites for hydroxylation is 2. The maximum absolute atomic E-state index is 12.3. The molecule has 94 valence electrons. The van der Waals surface area contributed by atoms with Crippen LogP contribution in [-0.4, -0.2) is 12.5 Å². The molecule has 0 aliphatic carbocycles. The number of hydrogen-bond donors (Lipinski definition) is 0. The maximum atomic E-state index is 12.3. The molecule has 0 aliphatic rings. The molecule has 1 amide bonds. The number of hydrogen-bond acceptors (Lipinski definition) is 2. The summed E-state index contributed by atoms with van der Waals surface area (Å²) in [4.78, 5) is 14.1. The number of furan rings is 1. The van der Waals surface area contributed by atoms with E-state index in [1.807, 2.05) is 39.0 Å². The molecule has 1 heterocycles. The predicted octanol–water partition coefficient (Wildman–Crippen LogP) is 3.56. The van der Waals surface area contributed by atoms with Gasteiger partial charge in [-0.05, 0) is 50.1 Å². The summed E-state index contributed by atoms with van der Waals surface area (Å²) in [6, 6.07) is 9.52. The lowest BCUT2D eigenvalue weighted by Crippen LogP contribution is -2.31. The van der Waals surface area contributed by atoms with Crippen LogP contribution in [0.4, 0.5) is 5.69 Å². The summed E-state index contributed by atoms with van der Waals surface area (Å²) in [5, 5.41) is 0. The minimum Gasteiger partial charge on any atom is -0.459 e. The van der Waals surface area contributed by atoms with E-state index in [-0.39, 0.29) is 5.91 Å².